The van der Waals surface area contributed by atoms with Crippen LogP contribution in [0, 0.1) is 0 Å². The van der Waals surface area contributed by atoms with Crippen molar-refractivity contribution in [1.82, 2.24) is 14.8 Å². The lowest BCUT2D eigenvalue weighted by Gasteiger charge is -2.30. The molecular formula is C14H21N3O. The molecule has 0 radical (unpaired) electrons. The van der Waals surface area contributed by atoms with Gasteiger partial charge in [0.1, 0.15) is 0 Å². The Morgan fingerprint density at radius 1 is 1.39 bits per heavy atom. The smallest absolute Gasteiger partial charge is 0.320 e. The monoisotopic (exact) mass is 247 g/mol. The molecule has 1 atom stereocenters. The molecule has 1 aromatic heterocycles. The molecule has 1 unspecified atom stereocenters. The van der Waals surface area contributed by atoms with Gasteiger partial charge >= 0.3 is 6.03 Å². The SMILES string of the molecule is CCN(CC)C(=O)N1CCCC1c1ccncc1. The van der Waals surface area contributed by atoms with Gasteiger partial charge < -0.3 is 9.80 Å². The summed E-state index contributed by atoms with van der Waals surface area (Å²) in [5.74, 6) is 0. The quantitative estimate of drug-likeness (QED) is 0.823. The Labute approximate surface area is 109 Å². The molecule has 1 aromatic rings. The van der Waals surface area contributed by atoms with E-state index in [1.807, 2.05) is 35.8 Å². The number of hydrogen-bond donors (Lipinski definition) is 0. The minimum atomic E-state index is 0.166. The van der Waals surface area contributed by atoms with E-state index in [1.165, 1.54) is 5.56 Å². The van der Waals surface area contributed by atoms with Crippen molar-refractivity contribution < 1.29 is 4.79 Å². The average Bonchev–Trinajstić information content (AvgIpc) is 2.90. The number of rotatable bonds is 3. The molecular weight excluding hydrogens is 226 g/mol. The Hall–Kier alpha value is -1.58. The molecule has 1 fully saturated rings. The van der Waals surface area contributed by atoms with E-state index in [0.717, 1.165) is 32.5 Å². The normalized spacial score (nSPS) is 19.0. The summed E-state index contributed by atoms with van der Waals surface area (Å²) in [5, 5.41) is 0. The van der Waals surface area contributed by atoms with Crippen LogP contribution >= 0.6 is 0 Å². The van der Waals surface area contributed by atoms with Gasteiger partial charge in [0.05, 0.1) is 6.04 Å². The second kappa shape index (κ2) is 5.85. The zero-order chi connectivity index (χ0) is 13.0. The van der Waals surface area contributed by atoms with Crippen LogP contribution in [0.4, 0.5) is 4.79 Å². The number of carbonyl (C=O) groups excluding carboxylic acids is 1. The largest absolute Gasteiger partial charge is 0.325 e. The fourth-order valence-electron chi connectivity index (χ4n) is 2.60. The van der Waals surface area contributed by atoms with Gasteiger partial charge in [-0.1, -0.05) is 0 Å². The molecule has 0 saturated carbocycles. The van der Waals surface area contributed by atoms with Gasteiger partial charge in [0.2, 0.25) is 0 Å². The topological polar surface area (TPSA) is 36.4 Å². The summed E-state index contributed by atoms with van der Waals surface area (Å²) in [4.78, 5) is 20.4. The van der Waals surface area contributed by atoms with Gasteiger partial charge in [-0.2, -0.15) is 0 Å². The molecule has 18 heavy (non-hydrogen) atoms. The molecule has 4 nitrogen and oxygen atoms in total. The lowest BCUT2D eigenvalue weighted by Crippen LogP contribution is -2.42. The first kappa shape index (κ1) is 12.9. The number of aromatic nitrogens is 1. The Morgan fingerprint density at radius 3 is 2.67 bits per heavy atom. The fraction of sp³-hybridized carbons (Fsp3) is 0.571. The second-order valence-electron chi connectivity index (χ2n) is 4.59. The Balaban J connectivity index is 2.15. The zero-order valence-corrected chi connectivity index (χ0v) is 11.2. The third-order valence-electron chi connectivity index (χ3n) is 3.62. The highest BCUT2D eigenvalue weighted by Gasteiger charge is 2.31. The summed E-state index contributed by atoms with van der Waals surface area (Å²) in [6.07, 6.45) is 5.73. The number of amides is 2. The number of urea groups is 1. The van der Waals surface area contributed by atoms with E-state index in [-0.39, 0.29) is 12.1 Å². The van der Waals surface area contributed by atoms with Crippen molar-refractivity contribution in [1.29, 1.82) is 0 Å². The number of pyridine rings is 1. The van der Waals surface area contributed by atoms with Crippen molar-refractivity contribution in [2.75, 3.05) is 19.6 Å². The van der Waals surface area contributed by atoms with Gasteiger partial charge in [0, 0.05) is 32.0 Å². The summed E-state index contributed by atoms with van der Waals surface area (Å²) in [6, 6.07) is 4.41. The van der Waals surface area contributed by atoms with Gasteiger partial charge in [-0.25, -0.2) is 4.79 Å². The Bertz CT molecular complexity index is 389. The predicted molar refractivity (Wildman–Crippen MR) is 71.2 cm³/mol. The van der Waals surface area contributed by atoms with Gasteiger partial charge in [0.15, 0.2) is 0 Å². The molecule has 0 aromatic carbocycles. The van der Waals surface area contributed by atoms with Crippen LogP contribution in [-0.2, 0) is 0 Å². The third-order valence-corrected chi connectivity index (χ3v) is 3.62. The van der Waals surface area contributed by atoms with E-state index in [2.05, 4.69) is 4.98 Å². The molecule has 1 aliphatic heterocycles. The average molecular weight is 247 g/mol. The summed E-state index contributed by atoms with van der Waals surface area (Å²) in [5.41, 5.74) is 1.20. The van der Waals surface area contributed by atoms with E-state index in [0.29, 0.717) is 0 Å². The Morgan fingerprint density at radius 2 is 2.06 bits per heavy atom. The van der Waals surface area contributed by atoms with Crippen LogP contribution in [0.15, 0.2) is 24.5 Å². The molecule has 4 heteroatoms. The summed E-state index contributed by atoms with van der Waals surface area (Å²) >= 11 is 0. The van der Waals surface area contributed by atoms with Crippen molar-refractivity contribution in [2.45, 2.75) is 32.7 Å². The highest BCUT2D eigenvalue weighted by atomic mass is 16.2. The summed E-state index contributed by atoms with van der Waals surface area (Å²) < 4.78 is 0. The molecule has 1 aliphatic rings. The Kier molecular flexibility index (Phi) is 4.18. The van der Waals surface area contributed by atoms with Crippen molar-refractivity contribution in [3.05, 3.63) is 30.1 Å². The highest BCUT2D eigenvalue weighted by molar-refractivity contribution is 5.75. The summed E-state index contributed by atoms with van der Waals surface area (Å²) in [7, 11) is 0. The van der Waals surface area contributed by atoms with E-state index in [4.69, 9.17) is 0 Å². The lowest BCUT2D eigenvalue weighted by molar-refractivity contribution is 0.152. The van der Waals surface area contributed by atoms with Crippen LogP contribution in [0.1, 0.15) is 38.3 Å². The number of likely N-dealkylation sites (tertiary alicyclic amines) is 1. The molecule has 98 valence electrons. The van der Waals surface area contributed by atoms with Crippen molar-refractivity contribution in [3.63, 3.8) is 0 Å². The third kappa shape index (κ3) is 2.47. The van der Waals surface area contributed by atoms with Gasteiger partial charge in [-0.15, -0.1) is 0 Å². The minimum Gasteiger partial charge on any atom is -0.325 e. The van der Waals surface area contributed by atoms with E-state index >= 15 is 0 Å². The lowest BCUT2D eigenvalue weighted by atomic mass is 10.1. The van der Waals surface area contributed by atoms with E-state index in [9.17, 15) is 4.79 Å². The molecule has 2 amide bonds. The number of hydrogen-bond acceptors (Lipinski definition) is 2. The maximum Gasteiger partial charge on any atom is 0.320 e. The molecule has 0 bridgehead atoms. The first-order valence-electron chi connectivity index (χ1n) is 6.73. The van der Waals surface area contributed by atoms with E-state index in [1.54, 1.807) is 12.4 Å². The minimum absolute atomic E-state index is 0.166. The highest BCUT2D eigenvalue weighted by Crippen LogP contribution is 2.32. The van der Waals surface area contributed by atoms with Crippen LogP contribution in [0.2, 0.25) is 0 Å². The van der Waals surface area contributed by atoms with Crippen molar-refractivity contribution in [2.24, 2.45) is 0 Å². The first-order chi connectivity index (χ1) is 8.77. The van der Waals surface area contributed by atoms with E-state index < -0.39 is 0 Å². The zero-order valence-electron chi connectivity index (χ0n) is 11.2. The number of carbonyl (C=O) groups is 1. The fourth-order valence-corrected chi connectivity index (χ4v) is 2.60. The van der Waals surface area contributed by atoms with Crippen LogP contribution in [0.5, 0.6) is 0 Å². The van der Waals surface area contributed by atoms with Crippen LogP contribution in [-0.4, -0.2) is 40.4 Å². The maximum absolute atomic E-state index is 12.4. The molecule has 2 heterocycles. The van der Waals surface area contributed by atoms with Gasteiger partial charge in [-0.05, 0) is 44.4 Å². The standard InChI is InChI=1S/C14H21N3O/c1-3-16(4-2)14(18)17-11-5-6-13(17)12-7-9-15-10-8-12/h7-10,13H,3-6,11H2,1-2H3. The molecule has 0 N–H and O–H groups in total. The predicted octanol–water partition coefficient (Wildman–Crippen LogP) is 2.68. The molecule has 0 spiro atoms. The number of nitrogens with zero attached hydrogens (tertiary/aromatic N) is 3. The van der Waals surface area contributed by atoms with Crippen LogP contribution in [0.3, 0.4) is 0 Å². The second-order valence-corrected chi connectivity index (χ2v) is 4.59. The van der Waals surface area contributed by atoms with Crippen molar-refractivity contribution >= 4 is 6.03 Å². The van der Waals surface area contributed by atoms with Crippen LogP contribution in [0.25, 0.3) is 0 Å². The molecule has 1 saturated heterocycles. The van der Waals surface area contributed by atoms with Crippen LogP contribution < -0.4 is 0 Å². The molecule has 0 aliphatic carbocycles. The van der Waals surface area contributed by atoms with Gasteiger partial charge in [0.25, 0.3) is 0 Å². The first-order valence-corrected chi connectivity index (χ1v) is 6.73. The van der Waals surface area contributed by atoms with Crippen molar-refractivity contribution in [3.8, 4) is 0 Å². The summed E-state index contributed by atoms with van der Waals surface area (Å²) in [6.45, 7) is 6.46. The van der Waals surface area contributed by atoms with Gasteiger partial charge in [-0.3, -0.25) is 4.98 Å². The molecule has 2 rings (SSSR count). The maximum atomic E-state index is 12.4.